The Kier molecular flexibility index (Phi) is 5.39. The molecule has 2 aromatic carbocycles. The zero-order valence-electron chi connectivity index (χ0n) is 15.3. The van der Waals surface area contributed by atoms with Gasteiger partial charge in [0.25, 0.3) is 5.69 Å². The minimum Gasteiger partial charge on any atom is -0.482 e. The van der Waals surface area contributed by atoms with E-state index in [9.17, 15) is 19.7 Å². The smallest absolute Gasteiger partial charge is 0.344 e. The highest BCUT2D eigenvalue weighted by molar-refractivity contribution is 6.11. The maximum absolute atomic E-state index is 12.7. The molecule has 3 rings (SSSR count). The Morgan fingerprint density at radius 3 is 2.50 bits per heavy atom. The van der Waals surface area contributed by atoms with Gasteiger partial charge in [-0.3, -0.25) is 14.9 Å². The number of aromatic amines is 1. The lowest BCUT2D eigenvalue weighted by molar-refractivity contribution is -0.384. The average molecular weight is 382 g/mol. The molecular weight excluding hydrogens is 364 g/mol. The predicted molar refractivity (Wildman–Crippen MR) is 102 cm³/mol. The van der Waals surface area contributed by atoms with Gasteiger partial charge in [0.15, 0.2) is 12.7 Å². The molecule has 0 aliphatic rings. The van der Waals surface area contributed by atoms with E-state index in [-0.39, 0.29) is 17.2 Å². The highest BCUT2D eigenvalue weighted by atomic mass is 16.6. The number of rotatable bonds is 7. The quantitative estimate of drug-likeness (QED) is 0.289. The van der Waals surface area contributed by atoms with Gasteiger partial charge in [-0.15, -0.1) is 0 Å². The first-order valence-corrected chi connectivity index (χ1v) is 8.55. The lowest BCUT2D eigenvalue weighted by Gasteiger charge is -2.13. The van der Waals surface area contributed by atoms with E-state index in [1.807, 2.05) is 24.3 Å². The van der Waals surface area contributed by atoms with Crippen LogP contribution in [0.3, 0.4) is 0 Å². The van der Waals surface area contributed by atoms with Gasteiger partial charge in [0.05, 0.1) is 4.92 Å². The van der Waals surface area contributed by atoms with E-state index >= 15 is 0 Å². The molecule has 0 unspecified atom stereocenters. The first kappa shape index (κ1) is 19.1. The summed E-state index contributed by atoms with van der Waals surface area (Å²) in [7, 11) is 0. The first-order chi connectivity index (χ1) is 13.4. The number of hydrogen-bond donors (Lipinski definition) is 1. The molecule has 0 amide bonds. The van der Waals surface area contributed by atoms with Gasteiger partial charge < -0.3 is 14.5 Å². The van der Waals surface area contributed by atoms with Crippen molar-refractivity contribution in [2.45, 2.75) is 20.0 Å². The molecule has 1 N–H and O–H groups in total. The Hall–Kier alpha value is -3.68. The molecule has 3 aromatic rings. The molecule has 1 aromatic heterocycles. The zero-order chi connectivity index (χ0) is 20.3. The van der Waals surface area contributed by atoms with Crippen LogP contribution >= 0.6 is 0 Å². The summed E-state index contributed by atoms with van der Waals surface area (Å²) in [6.07, 6.45) is -0.981. The Morgan fingerprint density at radius 1 is 1.14 bits per heavy atom. The lowest BCUT2D eigenvalue weighted by Crippen LogP contribution is -2.27. The van der Waals surface area contributed by atoms with Crippen molar-refractivity contribution in [1.29, 1.82) is 0 Å². The van der Waals surface area contributed by atoms with Crippen LogP contribution in [0.5, 0.6) is 5.75 Å². The molecule has 0 saturated carbocycles. The van der Waals surface area contributed by atoms with Crippen molar-refractivity contribution >= 4 is 28.3 Å². The predicted octanol–water partition coefficient (Wildman–Crippen LogP) is 3.58. The molecule has 0 aliphatic heterocycles. The van der Waals surface area contributed by atoms with Gasteiger partial charge in [0.1, 0.15) is 5.75 Å². The number of ether oxygens (including phenoxy) is 2. The number of ketones is 1. The third kappa shape index (κ3) is 4.01. The second kappa shape index (κ2) is 7.91. The summed E-state index contributed by atoms with van der Waals surface area (Å²) < 4.78 is 10.4. The second-order valence-corrected chi connectivity index (χ2v) is 6.21. The van der Waals surface area contributed by atoms with Gasteiger partial charge in [-0.25, -0.2) is 4.79 Å². The Bertz CT molecular complexity index is 1040. The second-order valence-electron chi connectivity index (χ2n) is 6.21. The SMILES string of the molecule is Cc1[nH]c2ccccc2c1C(=O)[C@H](C)OC(=O)COc1ccc([N+](=O)[O-])cc1. The Labute approximate surface area is 160 Å². The number of para-hydroxylation sites is 1. The molecule has 0 aliphatic carbocycles. The van der Waals surface area contributed by atoms with Crippen molar-refractivity contribution in [1.82, 2.24) is 4.98 Å². The number of non-ortho nitro benzene ring substituents is 1. The number of aryl methyl sites for hydroxylation is 1. The molecule has 0 saturated heterocycles. The van der Waals surface area contributed by atoms with Crippen molar-refractivity contribution in [2.75, 3.05) is 6.61 Å². The highest BCUT2D eigenvalue weighted by Crippen LogP contribution is 2.24. The van der Waals surface area contributed by atoms with Crippen LogP contribution in [0.4, 0.5) is 5.69 Å². The van der Waals surface area contributed by atoms with Gasteiger partial charge in [0, 0.05) is 34.3 Å². The van der Waals surface area contributed by atoms with Crippen LogP contribution < -0.4 is 4.74 Å². The molecule has 0 bridgehead atoms. The minimum absolute atomic E-state index is 0.0803. The molecule has 28 heavy (non-hydrogen) atoms. The number of nitro benzene ring substituents is 1. The van der Waals surface area contributed by atoms with Crippen LogP contribution in [-0.4, -0.2) is 34.4 Å². The number of carbonyl (C=O) groups excluding carboxylic acids is 2. The molecular formula is C20H18N2O6. The third-order valence-electron chi connectivity index (χ3n) is 4.22. The number of carbonyl (C=O) groups is 2. The fourth-order valence-corrected chi connectivity index (χ4v) is 2.89. The lowest BCUT2D eigenvalue weighted by atomic mass is 10.0. The first-order valence-electron chi connectivity index (χ1n) is 8.55. The molecule has 0 radical (unpaired) electrons. The maximum Gasteiger partial charge on any atom is 0.344 e. The largest absolute Gasteiger partial charge is 0.482 e. The number of esters is 1. The van der Waals surface area contributed by atoms with Gasteiger partial charge in [0.2, 0.25) is 5.78 Å². The maximum atomic E-state index is 12.7. The number of Topliss-reactive ketones (excluding diaryl/α,β-unsaturated/α-hetero) is 1. The van der Waals surface area contributed by atoms with Crippen LogP contribution in [0.2, 0.25) is 0 Å². The van der Waals surface area contributed by atoms with Crippen molar-refractivity contribution in [3.8, 4) is 5.75 Å². The van der Waals surface area contributed by atoms with E-state index in [0.717, 1.165) is 10.9 Å². The van der Waals surface area contributed by atoms with Gasteiger partial charge in [-0.2, -0.15) is 0 Å². The van der Waals surface area contributed by atoms with Crippen LogP contribution in [0.15, 0.2) is 48.5 Å². The van der Waals surface area contributed by atoms with Crippen molar-refractivity contribution in [3.05, 3.63) is 69.9 Å². The number of hydrogen-bond acceptors (Lipinski definition) is 6. The fourth-order valence-electron chi connectivity index (χ4n) is 2.89. The zero-order valence-corrected chi connectivity index (χ0v) is 15.3. The molecule has 0 fully saturated rings. The summed E-state index contributed by atoms with van der Waals surface area (Å²) in [6, 6.07) is 12.7. The number of nitro groups is 1. The standard InChI is InChI=1S/C20H18N2O6/c1-12-19(16-5-3-4-6-17(16)21-12)20(24)13(2)28-18(23)11-27-15-9-7-14(8-10-15)22(25)26/h3-10,13,21H,11H2,1-2H3/t13-/m0/s1. The Morgan fingerprint density at radius 2 is 1.82 bits per heavy atom. The third-order valence-corrected chi connectivity index (χ3v) is 4.22. The number of nitrogens with one attached hydrogen (secondary N) is 1. The highest BCUT2D eigenvalue weighted by Gasteiger charge is 2.24. The number of benzene rings is 2. The number of aromatic nitrogens is 1. The number of H-pyrrole nitrogens is 1. The van der Waals surface area contributed by atoms with E-state index in [1.54, 1.807) is 6.92 Å². The molecule has 144 valence electrons. The van der Waals surface area contributed by atoms with E-state index in [0.29, 0.717) is 11.3 Å². The van der Waals surface area contributed by atoms with Crippen LogP contribution in [0.25, 0.3) is 10.9 Å². The summed E-state index contributed by atoms with van der Waals surface area (Å²) in [5.74, 6) is -0.732. The van der Waals surface area contributed by atoms with E-state index in [1.165, 1.54) is 31.2 Å². The Balaban J connectivity index is 1.61. The van der Waals surface area contributed by atoms with Crippen molar-refractivity contribution < 1.29 is 24.0 Å². The fraction of sp³-hybridized carbons (Fsp3) is 0.200. The summed E-state index contributed by atoms with van der Waals surface area (Å²) in [4.78, 5) is 38.0. The van der Waals surface area contributed by atoms with E-state index in [2.05, 4.69) is 4.98 Å². The molecule has 8 nitrogen and oxygen atoms in total. The topological polar surface area (TPSA) is 112 Å². The van der Waals surface area contributed by atoms with Crippen molar-refractivity contribution in [2.24, 2.45) is 0 Å². The average Bonchev–Trinajstić information content (AvgIpc) is 3.01. The molecule has 8 heteroatoms. The number of fused-ring (bicyclic) bond motifs is 1. The van der Waals surface area contributed by atoms with Crippen LogP contribution in [0.1, 0.15) is 23.0 Å². The van der Waals surface area contributed by atoms with Gasteiger partial charge >= 0.3 is 5.97 Å². The molecule has 1 atom stereocenters. The number of nitrogens with zero attached hydrogens (tertiary/aromatic N) is 1. The van der Waals surface area contributed by atoms with Crippen molar-refractivity contribution in [3.63, 3.8) is 0 Å². The summed E-state index contributed by atoms with van der Waals surface area (Å²) in [5, 5.41) is 11.4. The van der Waals surface area contributed by atoms with E-state index < -0.39 is 23.6 Å². The summed E-state index contributed by atoms with van der Waals surface area (Å²) >= 11 is 0. The molecule has 1 heterocycles. The van der Waals surface area contributed by atoms with E-state index in [4.69, 9.17) is 9.47 Å². The molecule has 0 spiro atoms. The van der Waals surface area contributed by atoms with Gasteiger partial charge in [-0.05, 0) is 32.0 Å². The normalized spacial score (nSPS) is 11.8. The van der Waals surface area contributed by atoms with Crippen LogP contribution in [0, 0.1) is 17.0 Å². The minimum atomic E-state index is -0.981. The van der Waals surface area contributed by atoms with Gasteiger partial charge in [-0.1, -0.05) is 18.2 Å². The monoisotopic (exact) mass is 382 g/mol. The summed E-state index contributed by atoms with van der Waals surface area (Å²) in [5.41, 5.74) is 1.95. The van der Waals surface area contributed by atoms with Crippen LogP contribution in [-0.2, 0) is 9.53 Å². The summed E-state index contributed by atoms with van der Waals surface area (Å²) in [6.45, 7) is 2.88.